The van der Waals surface area contributed by atoms with Crippen LogP contribution >= 0.6 is 0 Å². The maximum atomic E-state index is 13.0. The SMILES string of the molecule is CC1CC(c2ccccc2)Nc2c(C(=O)NCc3cccc(Oc4ccccc4)c3)cnn21. The maximum Gasteiger partial charge on any atom is 0.256 e. The average Bonchev–Trinajstić information content (AvgIpc) is 3.29. The van der Waals surface area contributed by atoms with Crippen LogP contribution in [0.15, 0.2) is 91.1 Å². The summed E-state index contributed by atoms with van der Waals surface area (Å²) in [6.45, 7) is 2.53. The number of carbonyl (C=O) groups excluding carboxylic acids is 1. The molecule has 3 aromatic carbocycles. The number of hydrogen-bond acceptors (Lipinski definition) is 4. The molecule has 0 saturated heterocycles. The topological polar surface area (TPSA) is 68.2 Å². The number of nitrogens with zero attached hydrogens (tertiary/aromatic N) is 2. The summed E-state index contributed by atoms with van der Waals surface area (Å²) in [5.41, 5.74) is 2.72. The van der Waals surface area contributed by atoms with Crippen molar-refractivity contribution in [1.29, 1.82) is 0 Å². The molecule has 1 aromatic heterocycles. The number of aromatic nitrogens is 2. The first-order chi connectivity index (χ1) is 16.2. The third-order valence-electron chi connectivity index (χ3n) is 5.88. The average molecular weight is 439 g/mol. The second-order valence-corrected chi connectivity index (χ2v) is 8.29. The summed E-state index contributed by atoms with van der Waals surface area (Å²) in [6, 6.07) is 28.0. The van der Waals surface area contributed by atoms with Gasteiger partial charge in [-0.2, -0.15) is 5.10 Å². The van der Waals surface area contributed by atoms with Crippen LogP contribution in [0.4, 0.5) is 5.82 Å². The lowest BCUT2D eigenvalue weighted by Gasteiger charge is -2.31. The van der Waals surface area contributed by atoms with Crippen LogP contribution in [-0.4, -0.2) is 15.7 Å². The Balaban J connectivity index is 1.28. The number of anilines is 1. The lowest BCUT2D eigenvalue weighted by atomic mass is 9.98. The van der Waals surface area contributed by atoms with E-state index in [1.165, 1.54) is 5.56 Å². The zero-order chi connectivity index (χ0) is 22.6. The van der Waals surface area contributed by atoms with Gasteiger partial charge in [-0.05, 0) is 48.7 Å². The molecule has 2 unspecified atom stereocenters. The van der Waals surface area contributed by atoms with E-state index in [-0.39, 0.29) is 18.0 Å². The van der Waals surface area contributed by atoms with Gasteiger partial charge < -0.3 is 15.4 Å². The van der Waals surface area contributed by atoms with Crippen molar-refractivity contribution in [2.45, 2.75) is 32.0 Å². The van der Waals surface area contributed by atoms with Gasteiger partial charge in [0.25, 0.3) is 5.91 Å². The number of amides is 1. The number of ether oxygens (including phenoxy) is 1. The fourth-order valence-electron chi connectivity index (χ4n) is 4.20. The number of hydrogen-bond donors (Lipinski definition) is 2. The second kappa shape index (κ2) is 9.20. The zero-order valence-corrected chi connectivity index (χ0v) is 18.4. The van der Waals surface area contributed by atoms with Gasteiger partial charge in [0.15, 0.2) is 0 Å². The fourth-order valence-corrected chi connectivity index (χ4v) is 4.20. The second-order valence-electron chi connectivity index (χ2n) is 8.29. The molecule has 0 radical (unpaired) electrons. The summed E-state index contributed by atoms with van der Waals surface area (Å²) in [5, 5.41) is 11.0. The van der Waals surface area contributed by atoms with Crippen molar-refractivity contribution >= 4 is 11.7 Å². The number of carbonyl (C=O) groups is 1. The van der Waals surface area contributed by atoms with Crippen molar-refractivity contribution < 1.29 is 9.53 Å². The van der Waals surface area contributed by atoms with Crippen LogP contribution in [0.3, 0.4) is 0 Å². The Kier molecular flexibility index (Phi) is 5.81. The van der Waals surface area contributed by atoms with Crippen molar-refractivity contribution in [3.8, 4) is 11.5 Å². The number of fused-ring (bicyclic) bond motifs is 1. The Labute approximate surface area is 193 Å². The first-order valence-corrected chi connectivity index (χ1v) is 11.2. The van der Waals surface area contributed by atoms with Crippen molar-refractivity contribution in [3.63, 3.8) is 0 Å². The zero-order valence-electron chi connectivity index (χ0n) is 18.4. The number of rotatable bonds is 6. The van der Waals surface area contributed by atoms with Gasteiger partial charge >= 0.3 is 0 Å². The van der Waals surface area contributed by atoms with Gasteiger partial charge in [0.1, 0.15) is 22.9 Å². The summed E-state index contributed by atoms with van der Waals surface area (Å²) in [6.07, 6.45) is 2.56. The Morgan fingerprint density at radius 2 is 1.76 bits per heavy atom. The summed E-state index contributed by atoms with van der Waals surface area (Å²) in [7, 11) is 0. The van der Waals surface area contributed by atoms with Crippen molar-refractivity contribution in [3.05, 3.63) is 108 Å². The van der Waals surface area contributed by atoms with Crippen LogP contribution in [0.2, 0.25) is 0 Å². The van der Waals surface area contributed by atoms with E-state index in [4.69, 9.17) is 4.74 Å². The molecule has 1 amide bonds. The Hall–Kier alpha value is -4.06. The van der Waals surface area contributed by atoms with E-state index in [0.717, 1.165) is 29.3 Å². The van der Waals surface area contributed by atoms with Gasteiger partial charge in [-0.15, -0.1) is 0 Å². The minimum atomic E-state index is -0.154. The number of para-hydroxylation sites is 1. The standard InChI is InChI=1S/C27H26N4O2/c1-19-15-25(21-10-4-2-5-11-21)30-26-24(18-29-31(19)26)27(32)28-17-20-9-8-14-23(16-20)33-22-12-6-3-7-13-22/h2-14,16,18-19,25,30H,15,17H2,1H3,(H,28,32). The van der Waals surface area contributed by atoms with Gasteiger partial charge in [0.2, 0.25) is 0 Å². The smallest absolute Gasteiger partial charge is 0.256 e. The molecular formula is C27H26N4O2. The highest BCUT2D eigenvalue weighted by molar-refractivity contribution is 5.98. The number of nitrogens with one attached hydrogen (secondary N) is 2. The van der Waals surface area contributed by atoms with Crippen LogP contribution in [0.1, 0.15) is 46.9 Å². The molecule has 0 fully saturated rings. The first-order valence-electron chi connectivity index (χ1n) is 11.2. The monoisotopic (exact) mass is 438 g/mol. The van der Waals surface area contributed by atoms with E-state index in [0.29, 0.717) is 12.1 Å². The van der Waals surface area contributed by atoms with E-state index < -0.39 is 0 Å². The largest absolute Gasteiger partial charge is 0.457 e. The van der Waals surface area contributed by atoms with E-state index in [1.54, 1.807) is 6.20 Å². The summed E-state index contributed by atoms with van der Waals surface area (Å²) in [4.78, 5) is 13.0. The third-order valence-corrected chi connectivity index (χ3v) is 5.88. The molecule has 2 atom stereocenters. The minimum Gasteiger partial charge on any atom is -0.457 e. The molecule has 6 heteroatoms. The number of benzene rings is 3. The van der Waals surface area contributed by atoms with Crippen LogP contribution in [-0.2, 0) is 6.54 Å². The summed E-state index contributed by atoms with van der Waals surface area (Å²) >= 11 is 0. The van der Waals surface area contributed by atoms with Gasteiger partial charge in [-0.3, -0.25) is 4.79 Å². The lowest BCUT2D eigenvalue weighted by molar-refractivity contribution is 0.0951. The molecule has 6 nitrogen and oxygen atoms in total. The molecule has 0 saturated carbocycles. The fraction of sp³-hybridized carbons (Fsp3) is 0.185. The maximum absolute atomic E-state index is 13.0. The van der Waals surface area contributed by atoms with Crippen LogP contribution in [0.25, 0.3) is 0 Å². The summed E-state index contributed by atoms with van der Waals surface area (Å²) < 4.78 is 7.81. The Morgan fingerprint density at radius 1 is 1.03 bits per heavy atom. The molecule has 33 heavy (non-hydrogen) atoms. The molecule has 0 bridgehead atoms. The molecular weight excluding hydrogens is 412 g/mol. The van der Waals surface area contributed by atoms with E-state index >= 15 is 0 Å². The van der Waals surface area contributed by atoms with E-state index in [9.17, 15) is 4.79 Å². The molecule has 1 aliphatic heterocycles. The highest BCUT2D eigenvalue weighted by Crippen LogP contribution is 2.36. The van der Waals surface area contributed by atoms with Crippen LogP contribution < -0.4 is 15.4 Å². The molecule has 1 aliphatic rings. The molecule has 0 spiro atoms. The predicted molar refractivity (Wildman–Crippen MR) is 128 cm³/mol. The van der Waals surface area contributed by atoms with Crippen molar-refractivity contribution in [2.75, 3.05) is 5.32 Å². The summed E-state index contributed by atoms with van der Waals surface area (Å²) in [5.74, 6) is 2.12. The van der Waals surface area contributed by atoms with E-state index in [1.807, 2.05) is 77.5 Å². The Bertz CT molecular complexity index is 1240. The Morgan fingerprint density at radius 3 is 2.55 bits per heavy atom. The molecule has 5 rings (SSSR count). The van der Waals surface area contributed by atoms with Crippen LogP contribution in [0.5, 0.6) is 11.5 Å². The van der Waals surface area contributed by atoms with Crippen LogP contribution in [0, 0.1) is 0 Å². The highest BCUT2D eigenvalue weighted by atomic mass is 16.5. The first kappa shape index (κ1) is 20.8. The minimum absolute atomic E-state index is 0.142. The molecule has 2 heterocycles. The van der Waals surface area contributed by atoms with Gasteiger partial charge in [-0.1, -0.05) is 60.7 Å². The molecule has 166 valence electrons. The third kappa shape index (κ3) is 4.60. The van der Waals surface area contributed by atoms with E-state index in [2.05, 4.69) is 34.8 Å². The molecule has 0 aliphatic carbocycles. The van der Waals surface area contributed by atoms with Crippen molar-refractivity contribution in [1.82, 2.24) is 15.1 Å². The predicted octanol–water partition coefficient (Wildman–Crippen LogP) is 5.72. The normalized spacial score (nSPS) is 17.0. The quantitative estimate of drug-likeness (QED) is 0.404. The lowest BCUT2D eigenvalue weighted by Crippen LogP contribution is -2.28. The van der Waals surface area contributed by atoms with Gasteiger partial charge in [0.05, 0.1) is 18.3 Å². The van der Waals surface area contributed by atoms with Crippen molar-refractivity contribution in [2.24, 2.45) is 0 Å². The molecule has 4 aromatic rings. The highest BCUT2D eigenvalue weighted by Gasteiger charge is 2.29. The van der Waals surface area contributed by atoms with Gasteiger partial charge in [-0.25, -0.2) is 4.68 Å². The van der Waals surface area contributed by atoms with Gasteiger partial charge in [0, 0.05) is 6.54 Å². The molecule has 2 N–H and O–H groups in total.